The highest BCUT2D eigenvalue weighted by atomic mass is 28.1. The monoisotopic (exact) mass is 234 g/mol. The molecule has 2 saturated heterocycles. The van der Waals surface area contributed by atoms with E-state index in [2.05, 4.69) is 30.3 Å². The number of ether oxygens (including phenoxy) is 2. The van der Waals surface area contributed by atoms with Crippen molar-refractivity contribution in [3.63, 3.8) is 0 Å². The summed E-state index contributed by atoms with van der Waals surface area (Å²) in [6, 6.07) is 10.5. The molecule has 86 valence electrons. The van der Waals surface area contributed by atoms with Crippen molar-refractivity contribution in [1.82, 2.24) is 0 Å². The van der Waals surface area contributed by atoms with Crippen molar-refractivity contribution >= 4 is 10.2 Å². The number of hydrogen-bond donors (Lipinski definition) is 0. The largest absolute Gasteiger partial charge is 0.377 e. The number of benzene rings is 1. The first-order chi connectivity index (χ1) is 7.80. The summed E-state index contributed by atoms with van der Waals surface area (Å²) in [5.41, 5.74) is 1.30. The number of hydrogen-bond acceptors (Lipinski definition) is 2. The minimum absolute atomic E-state index is 0.0821. The Balaban J connectivity index is 1.71. The van der Waals surface area contributed by atoms with Gasteiger partial charge in [-0.2, -0.15) is 0 Å². The van der Waals surface area contributed by atoms with E-state index in [1.54, 1.807) is 0 Å². The van der Waals surface area contributed by atoms with Crippen molar-refractivity contribution < 1.29 is 9.47 Å². The zero-order valence-corrected chi connectivity index (χ0v) is 11.7. The highest BCUT2D eigenvalue weighted by Gasteiger charge is 2.53. The van der Waals surface area contributed by atoms with Crippen LogP contribution in [-0.2, 0) is 9.47 Å². The summed E-state index contributed by atoms with van der Waals surface area (Å²) in [6.07, 6.45) is 4.31. The van der Waals surface area contributed by atoms with Crippen molar-refractivity contribution in [2.24, 2.45) is 0 Å². The smallest absolute Gasteiger partial charge is 0.114 e. The summed E-state index contributed by atoms with van der Waals surface area (Å²) < 4.78 is 11.8. The van der Waals surface area contributed by atoms with Crippen LogP contribution < -0.4 is 0 Å². The second-order valence-electron chi connectivity index (χ2n) is 5.01. The third-order valence-electron chi connectivity index (χ3n) is 3.72. The highest BCUT2D eigenvalue weighted by Crippen LogP contribution is 2.47. The lowest BCUT2D eigenvalue weighted by atomic mass is 10.0. The maximum atomic E-state index is 5.98. The predicted molar refractivity (Wildman–Crippen MR) is 66.5 cm³/mol. The van der Waals surface area contributed by atoms with E-state index < -0.39 is 0 Å². The minimum Gasteiger partial charge on any atom is -0.377 e. The topological polar surface area (TPSA) is 21.8 Å². The van der Waals surface area contributed by atoms with Gasteiger partial charge in [-0.15, -0.1) is 0 Å². The normalized spacial score (nSPS) is 38.5. The van der Waals surface area contributed by atoms with Gasteiger partial charge in [-0.1, -0.05) is 30.3 Å². The summed E-state index contributed by atoms with van der Waals surface area (Å²) in [5, 5.41) is 0.0821. The molecule has 1 aromatic rings. The van der Waals surface area contributed by atoms with Gasteiger partial charge in [-0.05, 0) is 24.8 Å². The zero-order chi connectivity index (χ0) is 11.0. The summed E-state index contributed by atoms with van der Waals surface area (Å²) in [4.78, 5) is 0. The van der Waals surface area contributed by atoms with Crippen LogP contribution >= 0.6 is 0 Å². The average Bonchev–Trinajstić information content (AvgIpc) is 3.12. The second kappa shape index (κ2) is 3.98. The molecule has 0 aromatic heterocycles. The van der Waals surface area contributed by atoms with Crippen LogP contribution in [-0.4, -0.2) is 28.2 Å². The van der Waals surface area contributed by atoms with Crippen LogP contribution in [0.25, 0.3) is 0 Å². The molecule has 0 bridgehead atoms. The summed E-state index contributed by atoms with van der Waals surface area (Å²) in [6.45, 7) is 0.921. The van der Waals surface area contributed by atoms with Crippen LogP contribution in [0.3, 0.4) is 0 Å². The standard InChI is InChI=1S/C13H18O2Si/c16-13(8-4-5-9-14-13)12-11(15-12)10-6-2-1-3-7-10/h1-3,6-7,11-12H,4-5,8-9H2,16H3. The fraction of sp³-hybridized carbons (Fsp3) is 0.538. The van der Waals surface area contributed by atoms with E-state index in [1.807, 2.05) is 0 Å². The summed E-state index contributed by atoms with van der Waals surface area (Å²) in [5.74, 6) is 0. The molecule has 0 aliphatic carbocycles. The molecule has 3 unspecified atom stereocenters. The molecule has 3 atom stereocenters. The van der Waals surface area contributed by atoms with Crippen LogP contribution in [0.15, 0.2) is 30.3 Å². The van der Waals surface area contributed by atoms with E-state index in [4.69, 9.17) is 9.47 Å². The molecule has 2 aliphatic rings. The first-order valence-electron chi connectivity index (χ1n) is 6.14. The van der Waals surface area contributed by atoms with Crippen LogP contribution in [0.4, 0.5) is 0 Å². The molecule has 2 heterocycles. The average molecular weight is 234 g/mol. The van der Waals surface area contributed by atoms with Crippen LogP contribution in [0.5, 0.6) is 0 Å². The van der Waals surface area contributed by atoms with E-state index in [-0.39, 0.29) is 11.3 Å². The molecule has 0 spiro atoms. The van der Waals surface area contributed by atoms with Gasteiger partial charge in [-0.3, -0.25) is 0 Å². The Morgan fingerprint density at radius 3 is 2.69 bits per heavy atom. The second-order valence-corrected chi connectivity index (χ2v) is 6.70. The van der Waals surface area contributed by atoms with E-state index in [1.165, 1.54) is 24.8 Å². The van der Waals surface area contributed by atoms with Gasteiger partial charge in [0.05, 0.1) is 5.22 Å². The zero-order valence-electron chi connectivity index (χ0n) is 9.69. The fourth-order valence-electron chi connectivity index (χ4n) is 2.65. The van der Waals surface area contributed by atoms with Gasteiger partial charge in [0.1, 0.15) is 12.2 Å². The lowest BCUT2D eigenvalue weighted by Gasteiger charge is -2.32. The maximum Gasteiger partial charge on any atom is 0.114 e. The molecule has 0 saturated carbocycles. The Kier molecular flexibility index (Phi) is 2.62. The van der Waals surface area contributed by atoms with Gasteiger partial charge in [0.15, 0.2) is 0 Å². The van der Waals surface area contributed by atoms with E-state index in [0.717, 1.165) is 16.8 Å². The molecule has 2 aliphatic heterocycles. The van der Waals surface area contributed by atoms with E-state index in [9.17, 15) is 0 Å². The van der Waals surface area contributed by atoms with Crippen molar-refractivity contribution in [3.05, 3.63) is 35.9 Å². The Bertz CT molecular complexity index is 359. The summed E-state index contributed by atoms with van der Waals surface area (Å²) >= 11 is 0. The SMILES string of the molecule is [SiH3]C1(C2OC2c2ccccc2)CCCCO1. The maximum absolute atomic E-state index is 5.98. The van der Waals surface area contributed by atoms with Crippen molar-refractivity contribution in [1.29, 1.82) is 0 Å². The van der Waals surface area contributed by atoms with Gasteiger partial charge in [0.2, 0.25) is 0 Å². The van der Waals surface area contributed by atoms with Crippen molar-refractivity contribution in [2.75, 3.05) is 6.61 Å². The molecule has 0 N–H and O–H groups in total. The molecule has 2 nitrogen and oxygen atoms in total. The Labute approximate surface area is 99.4 Å². The molecule has 16 heavy (non-hydrogen) atoms. The molecule has 1 aromatic carbocycles. The molecular weight excluding hydrogens is 216 g/mol. The van der Waals surface area contributed by atoms with E-state index >= 15 is 0 Å². The van der Waals surface area contributed by atoms with Crippen molar-refractivity contribution in [2.45, 2.75) is 36.7 Å². The quantitative estimate of drug-likeness (QED) is 0.570. The molecular formula is C13H18O2Si. The number of rotatable bonds is 2. The third-order valence-corrected chi connectivity index (χ3v) is 5.08. The van der Waals surface area contributed by atoms with Crippen LogP contribution in [0, 0.1) is 0 Å². The van der Waals surface area contributed by atoms with E-state index in [0.29, 0.717) is 6.10 Å². The first-order valence-corrected chi connectivity index (χ1v) is 7.14. The highest BCUT2D eigenvalue weighted by molar-refractivity contribution is 6.15. The van der Waals surface area contributed by atoms with Gasteiger partial charge in [0, 0.05) is 16.8 Å². The summed E-state index contributed by atoms with van der Waals surface area (Å²) in [7, 11) is 1.07. The van der Waals surface area contributed by atoms with Crippen LogP contribution in [0.1, 0.15) is 30.9 Å². The molecule has 3 rings (SSSR count). The molecule has 0 radical (unpaired) electrons. The van der Waals surface area contributed by atoms with Crippen molar-refractivity contribution in [3.8, 4) is 0 Å². The minimum atomic E-state index is 0.0821. The Hall–Kier alpha value is -0.643. The molecule has 2 fully saturated rings. The lowest BCUT2D eigenvalue weighted by molar-refractivity contribution is -0.0341. The van der Waals surface area contributed by atoms with Crippen LogP contribution in [0.2, 0.25) is 0 Å². The first kappa shape index (κ1) is 10.5. The van der Waals surface area contributed by atoms with Gasteiger partial charge >= 0.3 is 0 Å². The lowest BCUT2D eigenvalue weighted by Crippen LogP contribution is -2.42. The molecule has 0 amide bonds. The molecule has 3 heteroatoms. The Morgan fingerprint density at radius 2 is 2.00 bits per heavy atom. The predicted octanol–water partition coefficient (Wildman–Crippen LogP) is 1.39. The van der Waals surface area contributed by atoms with Gasteiger partial charge in [0.25, 0.3) is 0 Å². The number of epoxide rings is 1. The van der Waals surface area contributed by atoms with Gasteiger partial charge < -0.3 is 9.47 Å². The Morgan fingerprint density at radius 1 is 1.19 bits per heavy atom. The third kappa shape index (κ3) is 1.83. The van der Waals surface area contributed by atoms with Gasteiger partial charge in [-0.25, -0.2) is 0 Å². The fourth-order valence-corrected chi connectivity index (χ4v) is 3.65.